The molecule has 0 aliphatic carbocycles. The fourth-order valence-electron chi connectivity index (χ4n) is 3.83. The summed E-state index contributed by atoms with van der Waals surface area (Å²) in [5, 5.41) is 5.30. The van der Waals surface area contributed by atoms with Gasteiger partial charge in [-0.3, -0.25) is 9.48 Å². The highest BCUT2D eigenvalue weighted by Crippen LogP contribution is 2.28. The van der Waals surface area contributed by atoms with E-state index < -0.39 is 0 Å². The molecule has 28 heavy (non-hydrogen) atoms. The van der Waals surface area contributed by atoms with Gasteiger partial charge in [0.25, 0.3) is 5.91 Å². The highest BCUT2D eigenvalue weighted by Gasteiger charge is 2.27. The number of aromatic nitrogens is 2. The minimum atomic E-state index is -0.300. The number of benzene rings is 3. The van der Waals surface area contributed by atoms with E-state index in [2.05, 4.69) is 5.10 Å². The third-order valence-corrected chi connectivity index (χ3v) is 5.39. The summed E-state index contributed by atoms with van der Waals surface area (Å²) in [6.45, 7) is 0.785. The number of nitrogens with zero attached hydrogens (tertiary/aromatic N) is 3. The molecule has 5 rings (SSSR count). The van der Waals surface area contributed by atoms with Gasteiger partial charge in [-0.1, -0.05) is 42.5 Å². The lowest BCUT2D eigenvalue weighted by atomic mass is 10.0. The minimum absolute atomic E-state index is 0.0410. The van der Waals surface area contributed by atoms with Crippen LogP contribution >= 0.6 is 0 Å². The Morgan fingerprint density at radius 3 is 2.64 bits per heavy atom. The van der Waals surface area contributed by atoms with Crippen LogP contribution in [-0.2, 0) is 20.1 Å². The van der Waals surface area contributed by atoms with Gasteiger partial charge in [-0.25, -0.2) is 4.39 Å². The van der Waals surface area contributed by atoms with Crippen molar-refractivity contribution in [3.05, 3.63) is 89.4 Å². The number of carbonyl (C=O) groups excluding carboxylic acids is 1. The van der Waals surface area contributed by atoms with Gasteiger partial charge in [-0.05, 0) is 34.9 Å². The molecular formula is C23H18FN3O. The zero-order valence-electron chi connectivity index (χ0n) is 15.4. The minimum Gasteiger partial charge on any atom is -0.330 e. The Balaban J connectivity index is 1.42. The van der Waals surface area contributed by atoms with E-state index in [0.29, 0.717) is 17.7 Å². The molecule has 1 aliphatic heterocycles. The van der Waals surface area contributed by atoms with E-state index in [-0.39, 0.29) is 18.3 Å². The topological polar surface area (TPSA) is 38.1 Å². The maximum absolute atomic E-state index is 14.8. The maximum atomic E-state index is 14.8. The van der Waals surface area contributed by atoms with Gasteiger partial charge in [0.15, 0.2) is 0 Å². The van der Waals surface area contributed by atoms with Crippen LogP contribution in [0.4, 0.5) is 4.39 Å². The Morgan fingerprint density at radius 2 is 1.82 bits per heavy atom. The van der Waals surface area contributed by atoms with Gasteiger partial charge in [0.2, 0.25) is 0 Å². The number of amides is 1. The van der Waals surface area contributed by atoms with Crippen molar-refractivity contribution in [3.8, 4) is 11.1 Å². The van der Waals surface area contributed by atoms with E-state index in [1.807, 2.05) is 61.8 Å². The molecule has 3 aromatic carbocycles. The summed E-state index contributed by atoms with van der Waals surface area (Å²) in [5.41, 5.74) is 4.97. The second-order valence-corrected chi connectivity index (χ2v) is 7.17. The highest BCUT2D eigenvalue weighted by molar-refractivity contribution is 5.98. The van der Waals surface area contributed by atoms with Crippen molar-refractivity contribution >= 4 is 16.8 Å². The van der Waals surface area contributed by atoms with E-state index in [1.165, 1.54) is 0 Å². The first-order chi connectivity index (χ1) is 13.6. The first-order valence-corrected chi connectivity index (χ1v) is 9.18. The Labute approximate surface area is 161 Å². The largest absolute Gasteiger partial charge is 0.330 e. The molecule has 0 saturated heterocycles. The quantitative estimate of drug-likeness (QED) is 0.530. The van der Waals surface area contributed by atoms with Crippen molar-refractivity contribution in [2.75, 3.05) is 0 Å². The van der Waals surface area contributed by atoms with E-state index in [9.17, 15) is 9.18 Å². The molecule has 0 saturated carbocycles. The van der Waals surface area contributed by atoms with Crippen LogP contribution < -0.4 is 0 Å². The molecular weight excluding hydrogens is 353 g/mol. The molecule has 0 spiro atoms. The van der Waals surface area contributed by atoms with Crippen molar-refractivity contribution in [2.45, 2.75) is 13.1 Å². The molecule has 0 radical (unpaired) electrons. The van der Waals surface area contributed by atoms with Crippen molar-refractivity contribution in [1.82, 2.24) is 14.7 Å². The Bertz CT molecular complexity index is 1230. The predicted molar refractivity (Wildman–Crippen MR) is 106 cm³/mol. The summed E-state index contributed by atoms with van der Waals surface area (Å²) in [6, 6.07) is 18.7. The fourth-order valence-corrected chi connectivity index (χ4v) is 3.83. The molecule has 0 atom stereocenters. The van der Waals surface area contributed by atoms with Gasteiger partial charge in [-0.2, -0.15) is 5.10 Å². The Kier molecular flexibility index (Phi) is 3.76. The van der Waals surface area contributed by atoms with Gasteiger partial charge >= 0.3 is 0 Å². The Morgan fingerprint density at radius 1 is 1.04 bits per heavy atom. The molecule has 0 fully saturated rings. The average molecular weight is 371 g/mol. The van der Waals surface area contributed by atoms with Crippen LogP contribution in [0.2, 0.25) is 0 Å². The van der Waals surface area contributed by atoms with Gasteiger partial charge < -0.3 is 4.90 Å². The predicted octanol–water partition coefficient (Wildman–Crippen LogP) is 4.54. The molecule has 0 N–H and O–H groups in total. The molecule has 5 heteroatoms. The van der Waals surface area contributed by atoms with Crippen LogP contribution in [0.3, 0.4) is 0 Å². The first kappa shape index (κ1) is 16.7. The molecule has 0 bridgehead atoms. The SMILES string of the molecule is Cn1ncc2ccc(-c3ccc(CN4Cc5ccccc5C4=O)c(F)c3)cc21. The summed E-state index contributed by atoms with van der Waals surface area (Å²) in [6.07, 6.45) is 1.81. The number of carbonyl (C=O) groups is 1. The molecule has 138 valence electrons. The maximum Gasteiger partial charge on any atom is 0.254 e. The highest BCUT2D eigenvalue weighted by atomic mass is 19.1. The third kappa shape index (κ3) is 2.67. The van der Waals surface area contributed by atoms with Crippen LogP contribution in [-0.4, -0.2) is 20.6 Å². The standard InChI is InChI=1S/C23H18FN3O/c1-26-22-11-16(6-8-17(22)12-25-26)15-7-9-19(21(24)10-15)14-27-13-18-4-2-3-5-20(18)23(27)28/h2-12H,13-14H2,1H3. The zero-order chi connectivity index (χ0) is 19.3. The van der Waals surface area contributed by atoms with E-state index in [1.54, 1.807) is 21.7 Å². The molecule has 1 aromatic heterocycles. The first-order valence-electron chi connectivity index (χ1n) is 9.18. The van der Waals surface area contributed by atoms with Crippen LogP contribution in [0.15, 0.2) is 66.9 Å². The van der Waals surface area contributed by atoms with Crippen LogP contribution in [0.1, 0.15) is 21.5 Å². The van der Waals surface area contributed by atoms with Crippen molar-refractivity contribution in [2.24, 2.45) is 7.05 Å². The molecule has 1 amide bonds. The van der Waals surface area contributed by atoms with Gasteiger partial charge in [0.05, 0.1) is 11.7 Å². The molecule has 2 heterocycles. The Hall–Kier alpha value is -3.47. The number of aryl methyl sites for hydroxylation is 1. The summed E-state index contributed by atoms with van der Waals surface area (Å²) >= 11 is 0. The van der Waals surface area contributed by atoms with Crippen LogP contribution in [0.5, 0.6) is 0 Å². The smallest absolute Gasteiger partial charge is 0.254 e. The summed E-state index contributed by atoms with van der Waals surface area (Å²) in [4.78, 5) is 14.2. The summed E-state index contributed by atoms with van der Waals surface area (Å²) in [5.74, 6) is -0.341. The van der Waals surface area contributed by atoms with Crippen molar-refractivity contribution < 1.29 is 9.18 Å². The lowest BCUT2D eigenvalue weighted by molar-refractivity contribution is 0.0765. The van der Waals surface area contributed by atoms with Gasteiger partial charge in [-0.15, -0.1) is 0 Å². The lowest BCUT2D eigenvalue weighted by Gasteiger charge is -2.16. The number of halogens is 1. The second-order valence-electron chi connectivity index (χ2n) is 7.17. The lowest BCUT2D eigenvalue weighted by Crippen LogP contribution is -2.23. The number of hydrogen-bond donors (Lipinski definition) is 0. The molecule has 0 unspecified atom stereocenters. The van der Waals surface area contributed by atoms with E-state index in [4.69, 9.17) is 0 Å². The van der Waals surface area contributed by atoms with Crippen LogP contribution in [0.25, 0.3) is 22.0 Å². The number of hydrogen-bond acceptors (Lipinski definition) is 2. The van der Waals surface area contributed by atoms with Crippen molar-refractivity contribution in [3.63, 3.8) is 0 Å². The molecule has 1 aliphatic rings. The second kappa shape index (κ2) is 6.30. The summed E-state index contributed by atoms with van der Waals surface area (Å²) in [7, 11) is 1.89. The zero-order valence-corrected chi connectivity index (χ0v) is 15.4. The number of fused-ring (bicyclic) bond motifs is 2. The van der Waals surface area contributed by atoms with Gasteiger partial charge in [0.1, 0.15) is 5.82 Å². The summed E-state index contributed by atoms with van der Waals surface area (Å²) < 4.78 is 16.6. The number of rotatable bonds is 3. The monoisotopic (exact) mass is 371 g/mol. The molecule has 4 nitrogen and oxygen atoms in total. The van der Waals surface area contributed by atoms with E-state index in [0.717, 1.165) is 27.6 Å². The van der Waals surface area contributed by atoms with Crippen LogP contribution in [0, 0.1) is 5.82 Å². The fraction of sp³-hybridized carbons (Fsp3) is 0.130. The third-order valence-electron chi connectivity index (χ3n) is 5.39. The van der Waals surface area contributed by atoms with Gasteiger partial charge in [0, 0.05) is 36.7 Å². The van der Waals surface area contributed by atoms with Crippen molar-refractivity contribution in [1.29, 1.82) is 0 Å². The normalized spacial score (nSPS) is 13.4. The van der Waals surface area contributed by atoms with E-state index >= 15 is 0 Å². The molecule has 4 aromatic rings. The average Bonchev–Trinajstić information content (AvgIpc) is 3.24.